The molecule has 21 heavy (non-hydrogen) atoms. The van der Waals surface area contributed by atoms with Gasteiger partial charge in [0.15, 0.2) is 5.16 Å². The zero-order valence-corrected chi connectivity index (χ0v) is 13.0. The summed E-state index contributed by atoms with van der Waals surface area (Å²) in [6.07, 6.45) is 1.07. The van der Waals surface area contributed by atoms with Crippen molar-refractivity contribution in [3.05, 3.63) is 17.5 Å². The first-order valence-electron chi connectivity index (χ1n) is 6.91. The number of carbonyl (C=O) groups excluding carboxylic acids is 1. The second kappa shape index (κ2) is 6.89. The van der Waals surface area contributed by atoms with Crippen LogP contribution in [0.2, 0.25) is 0 Å². The molecule has 0 radical (unpaired) electrons. The molecule has 7 heteroatoms. The average molecular weight is 309 g/mol. The van der Waals surface area contributed by atoms with E-state index in [1.54, 1.807) is 4.90 Å². The molecule has 1 saturated heterocycles. The third kappa shape index (κ3) is 4.42. The lowest BCUT2D eigenvalue weighted by atomic mass is 9.97. The average Bonchev–Trinajstić information content (AvgIpc) is 2.44. The van der Waals surface area contributed by atoms with Crippen molar-refractivity contribution in [2.24, 2.45) is 5.92 Å². The van der Waals surface area contributed by atoms with Gasteiger partial charge in [0.2, 0.25) is 5.91 Å². The number of aromatic nitrogens is 2. The van der Waals surface area contributed by atoms with E-state index in [2.05, 4.69) is 9.97 Å². The monoisotopic (exact) mass is 309 g/mol. The summed E-state index contributed by atoms with van der Waals surface area (Å²) in [6.45, 7) is 4.84. The van der Waals surface area contributed by atoms with Crippen LogP contribution in [-0.4, -0.2) is 50.7 Å². The predicted molar refractivity (Wildman–Crippen MR) is 79.2 cm³/mol. The van der Waals surface area contributed by atoms with Crippen molar-refractivity contribution in [2.75, 3.05) is 18.8 Å². The van der Waals surface area contributed by atoms with Crippen LogP contribution in [0.4, 0.5) is 0 Å². The van der Waals surface area contributed by atoms with Gasteiger partial charge >= 0.3 is 5.97 Å². The Kier molecular flexibility index (Phi) is 5.17. The van der Waals surface area contributed by atoms with E-state index in [9.17, 15) is 9.59 Å². The fourth-order valence-electron chi connectivity index (χ4n) is 2.35. The molecule has 1 aliphatic heterocycles. The number of hydrogen-bond acceptors (Lipinski definition) is 5. The first-order valence-corrected chi connectivity index (χ1v) is 7.90. The third-order valence-corrected chi connectivity index (χ3v) is 4.32. The van der Waals surface area contributed by atoms with Crippen LogP contribution < -0.4 is 0 Å². The second-order valence-electron chi connectivity index (χ2n) is 5.22. The maximum absolute atomic E-state index is 12.1. The largest absolute Gasteiger partial charge is 0.481 e. The fourth-order valence-corrected chi connectivity index (χ4v) is 3.20. The van der Waals surface area contributed by atoms with E-state index in [1.165, 1.54) is 11.8 Å². The van der Waals surface area contributed by atoms with Gasteiger partial charge in [0, 0.05) is 24.5 Å². The van der Waals surface area contributed by atoms with Crippen molar-refractivity contribution in [1.82, 2.24) is 14.9 Å². The lowest BCUT2D eigenvalue weighted by Crippen LogP contribution is -2.41. The SMILES string of the molecule is Cc1cc(C)nc(SCC(=O)N2CCC(C(=O)O)CC2)n1. The Bertz CT molecular complexity index is 522. The number of likely N-dealkylation sites (tertiary alicyclic amines) is 1. The van der Waals surface area contributed by atoms with Crippen LogP contribution >= 0.6 is 11.8 Å². The standard InChI is InChI=1S/C14H19N3O3S/c1-9-7-10(2)16-14(15-9)21-8-12(18)17-5-3-11(4-6-17)13(19)20/h7,11H,3-6,8H2,1-2H3,(H,19,20). The highest BCUT2D eigenvalue weighted by molar-refractivity contribution is 7.99. The summed E-state index contributed by atoms with van der Waals surface area (Å²) >= 11 is 1.33. The summed E-state index contributed by atoms with van der Waals surface area (Å²) in [5.74, 6) is -0.767. The number of aryl methyl sites for hydroxylation is 2. The third-order valence-electron chi connectivity index (χ3n) is 3.48. The molecule has 0 saturated carbocycles. The number of hydrogen-bond donors (Lipinski definition) is 1. The number of nitrogens with zero attached hydrogens (tertiary/aromatic N) is 3. The van der Waals surface area contributed by atoms with Gasteiger partial charge in [-0.15, -0.1) is 0 Å². The molecule has 0 atom stereocenters. The first-order chi connectivity index (χ1) is 9.95. The van der Waals surface area contributed by atoms with Crippen LogP contribution in [0.15, 0.2) is 11.2 Å². The Morgan fingerprint density at radius 3 is 2.38 bits per heavy atom. The molecule has 2 rings (SSSR count). The van der Waals surface area contributed by atoms with E-state index < -0.39 is 5.97 Å². The molecule has 1 aliphatic rings. The van der Waals surface area contributed by atoms with Crippen LogP contribution in [0.1, 0.15) is 24.2 Å². The Hall–Kier alpha value is -1.63. The van der Waals surface area contributed by atoms with Crippen molar-refractivity contribution >= 4 is 23.6 Å². The van der Waals surface area contributed by atoms with Gasteiger partial charge in [0.05, 0.1) is 11.7 Å². The summed E-state index contributed by atoms with van der Waals surface area (Å²) in [5.41, 5.74) is 1.78. The lowest BCUT2D eigenvalue weighted by molar-refractivity contribution is -0.145. The molecular weight excluding hydrogens is 290 g/mol. The van der Waals surface area contributed by atoms with Crippen molar-refractivity contribution in [1.29, 1.82) is 0 Å². The summed E-state index contributed by atoms with van der Waals surface area (Å²) in [4.78, 5) is 33.3. The lowest BCUT2D eigenvalue weighted by Gasteiger charge is -2.30. The van der Waals surface area contributed by atoms with E-state index in [0.717, 1.165) is 11.4 Å². The molecular formula is C14H19N3O3S. The van der Waals surface area contributed by atoms with Crippen LogP contribution in [-0.2, 0) is 9.59 Å². The number of amides is 1. The number of carboxylic acids is 1. The van der Waals surface area contributed by atoms with Crippen LogP contribution in [0, 0.1) is 19.8 Å². The molecule has 2 heterocycles. The van der Waals surface area contributed by atoms with Crippen molar-refractivity contribution in [2.45, 2.75) is 31.8 Å². The van der Waals surface area contributed by atoms with E-state index in [1.807, 2.05) is 19.9 Å². The molecule has 6 nitrogen and oxygen atoms in total. The number of aliphatic carboxylic acids is 1. The van der Waals surface area contributed by atoms with Crippen molar-refractivity contribution in [3.63, 3.8) is 0 Å². The van der Waals surface area contributed by atoms with E-state index in [-0.39, 0.29) is 11.8 Å². The molecule has 1 N–H and O–H groups in total. The summed E-state index contributed by atoms with van der Waals surface area (Å²) in [5, 5.41) is 9.56. The van der Waals surface area contributed by atoms with Gasteiger partial charge in [0.1, 0.15) is 0 Å². The highest BCUT2D eigenvalue weighted by Crippen LogP contribution is 2.20. The number of rotatable bonds is 4. The second-order valence-corrected chi connectivity index (χ2v) is 6.16. The molecule has 0 spiro atoms. The summed E-state index contributed by atoms with van der Waals surface area (Å²) in [7, 11) is 0. The highest BCUT2D eigenvalue weighted by Gasteiger charge is 2.26. The van der Waals surface area contributed by atoms with Gasteiger partial charge in [-0.3, -0.25) is 9.59 Å². The molecule has 0 aromatic carbocycles. The zero-order valence-electron chi connectivity index (χ0n) is 12.2. The van der Waals surface area contributed by atoms with E-state index >= 15 is 0 Å². The molecule has 1 fully saturated rings. The number of thioether (sulfide) groups is 1. The van der Waals surface area contributed by atoms with Gasteiger partial charge in [-0.1, -0.05) is 11.8 Å². The minimum Gasteiger partial charge on any atom is -0.481 e. The normalized spacial score (nSPS) is 16.0. The maximum Gasteiger partial charge on any atom is 0.306 e. The highest BCUT2D eigenvalue weighted by atomic mass is 32.2. The first kappa shape index (κ1) is 15.8. The molecule has 114 valence electrons. The van der Waals surface area contributed by atoms with Gasteiger partial charge in [0.25, 0.3) is 0 Å². The molecule has 1 amide bonds. The number of piperidine rings is 1. The summed E-state index contributed by atoms with van der Waals surface area (Å²) < 4.78 is 0. The molecule has 0 bridgehead atoms. The van der Waals surface area contributed by atoms with E-state index in [0.29, 0.717) is 36.8 Å². The fraction of sp³-hybridized carbons (Fsp3) is 0.571. The summed E-state index contributed by atoms with van der Waals surface area (Å²) in [6, 6.07) is 1.89. The topological polar surface area (TPSA) is 83.4 Å². The smallest absolute Gasteiger partial charge is 0.306 e. The molecule has 1 aromatic rings. The van der Waals surface area contributed by atoms with Crippen LogP contribution in [0.3, 0.4) is 0 Å². The maximum atomic E-state index is 12.1. The van der Waals surface area contributed by atoms with E-state index in [4.69, 9.17) is 5.11 Å². The Labute approximate surface area is 128 Å². The Morgan fingerprint density at radius 2 is 1.86 bits per heavy atom. The molecule has 0 aliphatic carbocycles. The number of carboxylic acid groups (broad SMARTS) is 1. The van der Waals surface area contributed by atoms with Gasteiger partial charge in [-0.05, 0) is 32.8 Å². The molecule has 0 unspecified atom stereocenters. The van der Waals surface area contributed by atoms with Gasteiger partial charge < -0.3 is 10.0 Å². The van der Waals surface area contributed by atoms with Crippen molar-refractivity contribution in [3.8, 4) is 0 Å². The van der Waals surface area contributed by atoms with Crippen LogP contribution in [0.5, 0.6) is 0 Å². The van der Waals surface area contributed by atoms with Gasteiger partial charge in [-0.25, -0.2) is 9.97 Å². The molecule has 1 aromatic heterocycles. The van der Waals surface area contributed by atoms with Gasteiger partial charge in [-0.2, -0.15) is 0 Å². The Morgan fingerprint density at radius 1 is 1.29 bits per heavy atom. The van der Waals surface area contributed by atoms with Crippen molar-refractivity contribution < 1.29 is 14.7 Å². The minimum absolute atomic E-state index is 0.0200. The number of carbonyl (C=O) groups is 2. The Balaban J connectivity index is 1.84. The minimum atomic E-state index is -0.764. The predicted octanol–water partition coefficient (Wildman–Crippen LogP) is 1.51. The van der Waals surface area contributed by atoms with Crippen LogP contribution in [0.25, 0.3) is 0 Å². The zero-order chi connectivity index (χ0) is 15.4. The quantitative estimate of drug-likeness (QED) is 0.670.